The Morgan fingerprint density at radius 3 is 1.39 bits per heavy atom. The third kappa shape index (κ3) is 6.60. The van der Waals surface area contributed by atoms with Crippen molar-refractivity contribution in [3.05, 3.63) is 230 Å². The number of nitrogens with zero attached hydrogens (tertiary/aromatic N) is 4. The quantitative estimate of drug-likeness (QED) is 0.156. The molecule has 0 amide bonds. The van der Waals surface area contributed by atoms with E-state index in [0.29, 0.717) is 17.5 Å². The van der Waals surface area contributed by atoms with Crippen molar-refractivity contribution >= 4 is 43.1 Å². The number of hydrogen-bond acceptors (Lipinski definition) is 4. The maximum absolute atomic E-state index is 5.43. The summed E-state index contributed by atoms with van der Waals surface area (Å²) in [4.78, 5) is 20.5. The van der Waals surface area contributed by atoms with Crippen LogP contribution in [-0.4, -0.2) is 19.9 Å². The maximum Gasteiger partial charge on any atom is 0.164 e. The minimum absolute atomic E-state index is 0.181. The summed E-state index contributed by atoms with van der Waals surface area (Å²) in [7, 11) is 0. The van der Waals surface area contributed by atoms with Crippen molar-refractivity contribution in [2.75, 3.05) is 0 Å². The minimum atomic E-state index is -0.181. The van der Waals surface area contributed by atoms with E-state index in [9.17, 15) is 0 Å². The minimum Gasteiger partial charge on any atom is -0.264 e. The molecule has 2 aromatic heterocycles. The summed E-state index contributed by atoms with van der Waals surface area (Å²) in [6.07, 6.45) is 3.69. The summed E-state index contributed by atoms with van der Waals surface area (Å²) in [6, 6.07) is 74.6. The Balaban J connectivity index is 1.05. The van der Waals surface area contributed by atoms with Crippen LogP contribution >= 0.6 is 0 Å². The third-order valence-corrected chi connectivity index (χ3v) is 13.9. The van der Waals surface area contributed by atoms with Crippen molar-refractivity contribution < 1.29 is 0 Å². The van der Waals surface area contributed by atoms with Crippen molar-refractivity contribution in [1.82, 2.24) is 19.9 Å². The zero-order valence-corrected chi connectivity index (χ0v) is 37.1. The van der Waals surface area contributed by atoms with E-state index >= 15 is 0 Å². The highest BCUT2D eigenvalue weighted by Crippen LogP contribution is 2.49. The molecule has 0 saturated heterocycles. The Morgan fingerprint density at radius 1 is 0.299 bits per heavy atom. The molecule has 2 heterocycles. The van der Waals surface area contributed by atoms with Crippen LogP contribution in [0.15, 0.2) is 219 Å². The summed E-state index contributed by atoms with van der Waals surface area (Å²) in [5.41, 5.74) is 14.4. The average Bonchev–Trinajstić information content (AvgIpc) is 3.62. The van der Waals surface area contributed by atoms with Crippen LogP contribution < -0.4 is 0 Å². The number of aromatic nitrogens is 4. The van der Waals surface area contributed by atoms with E-state index in [1.165, 1.54) is 65.3 Å². The van der Waals surface area contributed by atoms with Crippen LogP contribution in [0.4, 0.5) is 0 Å². The van der Waals surface area contributed by atoms with Crippen LogP contribution in [0.5, 0.6) is 0 Å². The summed E-state index contributed by atoms with van der Waals surface area (Å²) in [5, 5.41) is 9.65. The molecule has 67 heavy (non-hydrogen) atoms. The molecule has 10 aromatic carbocycles. The molecule has 0 bridgehead atoms. The summed E-state index contributed by atoms with van der Waals surface area (Å²) in [5.74, 6) is 1.85. The zero-order valence-electron chi connectivity index (χ0n) is 37.1. The lowest BCUT2D eigenvalue weighted by Crippen LogP contribution is -2.15. The van der Waals surface area contributed by atoms with Crippen molar-refractivity contribution in [2.24, 2.45) is 0 Å². The first-order valence-electron chi connectivity index (χ1n) is 22.9. The predicted octanol–water partition coefficient (Wildman–Crippen LogP) is 16.2. The normalized spacial score (nSPS) is 12.7. The van der Waals surface area contributed by atoms with E-state index < -0.39 is 0 Å². The highest BCUT2D eigenvalue weighted by molar-refractivity contribution is 6.08. The molecule has 0 N–H and O–H groups in total. The second kappa shape index (κ2) is 15.3. The lowest BCUT2D eigenvalue weighted by atomic mass is 9.82. The van der Waals surface area contributed by atoms with Crippen molar-refractivity contribution in [1.29, 1.82) is 0 Å². The van der Waals surface area contributed by atoms with Gasteiger partial charge in [-0.2, -0.15) is 0 Å². The van der Waals surface area contributed by atoms with E-state index in [1.807, 2.05) is 12.3 Å². The van der Waals surface area contributed by atoms with Gasteiger partial charge in [-0.3, -0.25) is 4.98 Å². The van der Waals surface area contributed by atoms with Crippen LogP contribution in [0.25, 0.3) is 122 Å². The van der Waals surface area contributed by atoms with Gasteiger partial charge in [-0.1, -0.05) is 166 Å². The number of benzene rings is 10. The molecule has 1 aliphatic rings. The Kier molecular flexibility index (Phi) is 8.84. The van der Waals surface area contributed by atoms with Gasteiger partial charge < -0.3 is 0 Å². The molecule has 1 aliphatic carbocycles. The second-order valence-corrected chi connectivity index (χ2v) is 18.3. The fourth-order valence-electron chi connectivity index (χ4n) is 10.5. The predicted molar refractivity (Wildman–Crippen MR) is 278 cm³/mol. The van der Waals surface area contributed by atoms with Crippen molar-refractivity contribution in [3.63, 3.8) is 0 Å². The lowest BCUT2D eigenvalue weighted by Gasteiger charge is -2.21. The summed E-state index contributed by atoms with van der Waals surface area (Å²) >= 11 is 0. The van der Waals surface area contributed by atoms with Gasteiger partial charge in [0.2, 0.25) is 0 Å². The van der Waals surface area contributed by atoms with Gasteiger partial charge >= 0.3 is 0 Å². The Hall–Kier alpha value is -8.60. The molecule has 12 aromatic rings. The molecule has 0 unspecified atom stereocenters. The molecule has 4 nitrogen and oxygen atoms in total. The summed E-state index contributed by atoms with van der Waals surface area (Å²) in [6.45, 7) is 4.63. The number of pyridine rings is 1. The molecule has 0 aliphatic heterocycles. The fraction of sp³-hybridized carbons (Fsp3) is 0.0476. The Morgan fingerprint density at radius 2 is 0.776 bits per heavy atom. The summed E-state index contributed by atoms with van der Waals surface area (Å²) < 4.78 is 0. The van der Waals surface area contributed by atoms with E-state index in [4.69, 9.17) is 15.0 Å². The monoisotopic (exact) mass is 854 g/mol. The van der Waals surface area contributed by atoms with Gasteiger partial charge in [0.15, 0.2) is 17.5 Å². The molecule has 0 fully saturated rings. The van der Waals surface area contributed by atoms with Crippen LogP contribution in [0.1, 0.15) is 25.0 Å². The molecule has 0 saturated carbocycles. The second-order valence-electron chi connectivity index (χ2n) is 18.3. The number of rotatable bonds is 6. The Bertz CT molecular complexity index is 3810. The van der Waals surface area contributed by atoms with E-state index in [-0.39, 0.29) is 5.41 Å². The van der Waals surface area contributed by atoms with Crippen LogP contribution in [0.2, 0.25) is 0 Å². The molecule has 4 heteroatoms. The van der Waals surface area contributed by atoms with Gasteiger partial charge in [0.25, 0.3) is 0 Å². The van der Waals surface area contributed by atoms with Crippen LogP contribution in [0.3, 0.4) is 0 Å². The van der Waals surface area contributed by atoms with Gasteiger partial charge in [-0.15, -0.1) is 0 Å². The molecule has 13 rings (SSSR count). The van der Waals surface area contributed by atoms with E-state index in [2.05, 4.69) is 219 Å². The van der Waals surface area contributed by atoms with Gasteiger partial charge in [0.1, 0.15) is 0 Å². The number of fused-ring (bicyclic) bond motifs is 7. The molecule has 314 valence electrons. The van der Waals surface area contributed by atoms with Crippen LogP contribution in [-0.2, 0) is 5.41 Å². The first kappa shape index (κ1) is 38.8. The third-order valence-electron chi connectivity index (χ3n) is 13.9. The lowest BCUT2D eigenvalue weighted by molar-refractivity contribution is 0.660. The molecule has 0 spiro atoms. The fourth-order valence-corrected chi connectivity index (χ4v) is 10.5. The molecule has 0 atom stereocenters. The highest BCUT2D eigenvalue weighted by Gasteiger charge is 2.35. The maximum atomic E-state index is 5.43. The van der Waals surface area contributed by atoms with Gasteiger partial charge in [-0.05, 0) is 153 Å². The first-order valence-corrected chi connectivity index (χ1v) is 22.9. The molecule has 0 radical (unpaired) electrons. The molecular formula is C63H42N4. The molecular weight excluding hydrogens is 813 g/mol. The average molecular weight is 855 g/mol. The zero-order chi connectivity index (χ0) is 44.6. The standard InChI is InChI=1S/C63H42N4/c1-63(2)58-22-8-7-19-54(58)55-28-27-47(37-59(55)63)61-65-60(40-25-23-39(24-26-40)48-18-11-29-64-38-48)66-62(67-61)51-33-49(52-20-9-16-45-30-41-12-3-5-14-43(41)35-56(45)52)32-50(34-51)53-21-10-17-46-31-42-13-4-6-15-44(42)36-57(46)53/h3-38H,1-2H3. The van der Waals surface area contributed by atoms with Gasteiger partial charge in [0.05, 0.1) is 0 Å². The smallest absolute Gasteiger partial charge is 0.164 e. The van der Waals surface area contributed by atoms with E-state index in [1.54, 1.807) is 6.20 Å². The first-order chi connectivity index (χ1) is 32.9. The van der Waals surface area contributed by atoms with Crippen LogP contribution in [0, 0.1) is 0 Å². The van der Waals surface area contributed by atoms with Gasteiger partial charge in [-0.25, -0.2) is 15.0 Å². The van der Waals surface area contributed by atoms with Crippen molar-refractivity contribution in [2.45, 2.75) is 19.3 Å². The number of hydrogen-bond donors (Lipinski definition) is 0. The Labute approximate surface area is 389 Å². The van der Waals surface area contributed by atoms with Crippen molar-refractivity contribution in [3.8, 4) is 78.7 Å². The van der Waals surface area contributed by atoms with E-state index in [0.717, 1.165) is 50.1 Å². The largest absolute Gasteiger partial charge is 0.264 e. The SMILES string of the molecule is CC1(C)c2ccccc2-c2ccc(-c3nc(-c4ccc(-c5cccnc5)cc4)nc(-c4cc(-c5cccc6cc7ccccc7cc56)cc(-c5cccc6cc7ccccc7cc56)c4)n3)cc21. The highest BCUT2D eigenvalue weighted by atomic mass is 15.0. The topological polar surface area (TPSA) is 51.6 Å². The van der Waals surface area contributed by atoms with Gasteiger partial charge in [0, 0.05) is 34.5 Å².